The molecule has 0 unspecified atom stereocenters. The molecule has 19 heavy (non-hydrogen) atoms. The first kappa shape index (κ1) is 11.9. The van der Waals surface area contributed by atoms with Crippen molar-refractivity contribution in [1.29, 1.82) is 5.26 Å². The van der Waals surface area contributed by atoms with Crippen LogP contribution in [-0.4, -0.2) is 21.0 Å². The Labute approximate surface area is 115 Å². The highest BCUT2D eigenvalue weighted by Gasteiger charge is 2.23. The van der Waals surface area contributed by atoms with Crippen LogP contribution in [-0.2, 0) is 0 Å². The topological polar surface area (TPSA) is 74.5 Å². The number of anilines is 1. The fourth-order valence-corrected chi connectivity index (χ4v) is 1.93. The summed E-state index contributed by atoms with van der Waals surface area (Å²) in [6.45, 7) is 0. The van der Waals surface area contributed by atoms with Crippen LogP contribution in [0.15, 0.2) is 24.5 Å². The Kier molecular flexibility index (Phi) is 3.02. The second-order valence-electron chi connectivity index (χ2n) is 4.33. The fraction of sp³-hybridized carbons (Fsp3) is 0.231. The van der Waals surface area contributed by atoms with Crippen molar-refractivity contribution < 1.29 is 0 Å². The van der Waals surface area contributed by atoms with Crippen LogP contribution in [0.25, 0.3) is 11.3 Å². The average Bonchev–Trinajstić information content (AvgIpc) is 3.23. The van der Waals surface area contributed by atoms with E-state index in [0.29, 0.717) is 17.7 Å². The Bertz CT molecular complexity index is 646. The van der Waals surface area contributed by atoms with E-state index in [1.165, 1.54) is 0 Å². The minimum absolute atomic E-state index is 0.166. The van der Waals surface area contributed by atoms with Gasteiger partial charge in [-0.2, -0.15) is 10.2 Å². The van der Waals surface area contributed by atoms with E-state index in [-0.39, 0.29) is 10.7 Å². The van der Waals surface area contributed by atoms with E-state index in [0.717, 1.165) is 18.4 Å². The molecule has 2 heterocycles. The van der Waals surface area contributed by atoms with Crippen molar-refractivity contribution in [3.63, 3.8) is 0 Å². The molecule has 3 rings (SSSR count). The molecule has 0 aromatic carbocycles. The van der Waals surface area contributed by atoms with Crippen molar-refractivity contribution in [3.05, 3.63) is 35.2 Å². The molecule has 1 aliphatic carbocycles. The third-order valence-corrected chi connectivity index (χ3v) is 3.10. The Balaban J connectivity index is 2.09. The molecular weight excluding hydrogens is 262 g/mol. The fourth-order valence-electron chi connectivity index (χ4n) is 1.72. The first-order chi connectivity index (χ1) is 9.28. The maximum atomic E-state index is 9.19. The van der Waals surface area contributed by atoms with E-state index >= 15 is 0 Å². The minimum Gasteiger partial charge on any atom is -0.351 e. The van der Waals surface area contributed by atoms with Crippen molar-refractivity contribution in [1.82, 2.24) is 15.0 Å². The number of halogens is 1. The predicted molar refractivity (Wildman–Crippen MR) is 71.6 cm³/mol. The normalized spacial score (nSPS) is 13.9. The van der Waals surface area contributed by atoms with Crippen molar-refractivity contribution in [2.75, 3.05) is 5.32 Å². The Hall–Kier alpha value is -2.19. The SMILES string of the molecule is N#Cc1c(Cl)nc(NC2CC2)nc1-c1cccnc1. The molecule has 1 fully saturated rings. The average molecular weight is 272 g/mol. The molecule has 0 radical (unpaired) electrons. The minimum atomic E-state index is 0.166. The maximum Gasteiger partial charge on any atom is 0.224 e. The third-order valence-electron chi connectivity index (χ3n) is 2.82. The van der Waals surface area contributed by atoms with Crippen LogP contribution in [0.3, 0.4) is 0 Å². The van der Waals surface area contributed by atoms with Gasteiger partial charge >= 0.3 is 0 Å². The van der Waals surface area contributed by atoms with Gasteiger partial charge in [0.2, 0.25) is 5.95 Å². The summed E-state index contributed by atoms with van der Waals surface area (Å²) in [4.78, 5) is 12.5. The summed E-state index contributed by atoms with van der Waals surface area (Å²) in [5.41, 5.74) is 1.54. The van der Waals surface area contributed by atoms with Gasteiger partial charge < -0.3 is 5.32 Å². The zero-order valence-electron chi connectivity index (χ0n) is 9.97. The van der Waals surface area contributed by atoms with Crippen LogP contribution in [0.4, 0.5) is 5.95 Å². The van der Waals surface area contributed by atoms with Crippen LogP contribution in [0.2, 0.25) is 5.15 Å². The van der Waals surface area contributed by atoms with Gasteiger partial charge in [0.05, 0.1) is 5.69 Å². The summed E-state index contributed by atoms with van der Waals surface area (Å²) in [7, 11) is 0. The lowest BCUT2D eigenvalue weighted by Gasteiger charge is -2.08. The van der Waals surface area contributed by atoms with Crippen LogP contribution in [0.5, 0.6) is 0 Å². The molecule has 0 amide bonds. The molecule has 1 aliphatic rings. The standard InChI is InChI=1S/C13H10ClN5/c14-12-10(6-15)11(8-2-1-5-16-7-8)18-13(19-12)17-9-3-4-9/h1-2,5,7,9H,3-4H2,(H,17,18,19). The number of nitrogens with one attached hydrogen (secondary N) is 1. The summed E-state index contributed by atoms with van der Waals surface area (Å²) < 4.78 is 0. The highest BCUT2D eigenvalue weighted by molar-refractivity contribution is 6.31. The molecule has 2 aromatic heterocycles. The van der Waals surface area contributed by atoms with Crippen LogP contribution in [0.1, 0.15) is 18.4 Å². The van der Waals surface area contributed by atoms with Gasteiger partial charge in [0.25, 0.3) is 0 Å². The quantitative estimate of drug-likeness (QED) is 0.869. The van der Waals surface area contributed by atoms with E-state index < -0.39 is 0 Å². The molecule has 5 nitrogen and oxygen atoms in total. The first-order valence-corrected chi connectivity index (χ1v) is 6.30. The number of hydrogen-bond acceptors (Lipinski definition) is 5. The van der Waals surface area contributed by atoms with E-state index in [1.54, 1.807) is 18.5 Å². The summed E-state index contributed by atoms with van der Waals surface area (Å²) in [5, 5.41) is 12.5. The van der Waals surface area contributed by atoms with Crippen molar-refractivity contribution in [2.45, 2.75) is 18.9 Å². The van der Waals surface area contributed by atoms with Crippen LogP contribution < -0.4 is 5.32 Å². The summed E-state index contributed by atoms with van der Waals surface area (Å²) in [6, 6.07) is 6.10. The van der Waals surface area contributed by atoms with E-state index in [9.17, 15) is 5.26 Å². The third kappa shape index (κ3) is 2.49. The van der Waals surface area contributed by atoms with Gasteiger partial charge in [0.1, 0.15) is 11.6 Å². The molecule has 0 atom stereocenters. The summed E-state index contributed by atoms with van der Waals surface area (Å²) in [6.07, 6.45) is 5.55. The van der Waals surface area contributed by atoms with E-state index in [4.69, 9.17) is 11.6 Å². The number of rotatable bonds is 3. The van der Waals surface area contributed by atoms with Gasteiger partial charge in [-0.15, -0.1) is 0 Å². The highest BCUT2D eigenvalue weighted by Crippen LogP contribution is 2.29. The zero-order valence-corrected chi connectivity index (χ0v) is 10.7. The predicted octanol–water partition coefficient (Wildman–Crippen LogP) is 2.64. The molecule has 1 N–H and O–H groups in total. The first-order valence-electron chi connectivity index (χ1n) is 5.92. The second kappa shape index (κ2) is 4.82. The lowest BCUT2D eigenvalue weighted by atomic mass is 10.1. The molecular formula is C13H10ClN5. The van der Waals surface area contributed by atoms with E-state index in [1.807, 2.05) is 12.1 Å². The molecule has 0 saturated heterocycles. The number of aromatic nitrogens is 3. The Morgan fingerprint density at radius 1 is 1.37 bits per heavy atom. The smallest absolute Gasteiger partial charge is 0.224 e. The van der Waals surface area contributed by atoms with Gasteiger partial charge in [0.15, 0.2) is 5.15 Å². The second-order valence-corrected chi connectivity index (χ2v) is 4.69. The number of nitrogens with zero attached hydrogens (tertiary/aromatic N) is 4. The number of hydrogen-bond donors (Lipinski definition) is 1. The van der Waals surface area contributed by atoms with Crippen molar-refractivity contribution >= 4 is 17.5 Å². The monoisotopic (exact) mass is 271 g/mol. The van der Waals surface area contributed by atoms with Gasteiger partial charge in [-0.25, -0.2) is 4.98 Å². The van der Waals surface area contributed by atoms with Gasteiger partial charge in [-0.3, -0.25) is 4.98 Å². The van der Waals surface area contributed by atoms with Crippen molar-refractivity contribution in [2.24, 2.45) is 0 Å². The molecule has 0 aliphatic heterocycles. The number of nitriles is 1. The molecule has 6 heteroatoms. The summed E-state index contributed by atoms with van der Waals surface area (Å²) in [5.74, 6) is 0.463. The summed E-state index contributed by atoms with van der Waals surface area (Å²) >= 11 is 6.05. The Morgan fingerprint density at radius 2 is 2.21 bits per heavy atom. The molecule has 1 saturated carbocycles. The highest BCUT2D eigenvalue weighted by atomic mass is 35.5. The molecule has 2 aromatic rings. The van der Waals surface area contributed by atoms with Crippen LogP contribution >= 0.6 is 11.6 Å². The lowest BCUT2D eigenvalue weighted by Crippen LogP contribution is -2.07. The Morgan fingerprint density at radius 3 is 2.84 bits per heavy atom. The largest absolute Gasteiger partial charge is 0.351 e. The lowest BCUT2D eigenvalue weighted by molar-refractivity contribution is 1.05. The maximum absolute atomic E-state index is 9.19. The zero-order chi connectivity index (χ0) is 13.2. The van der Waals surface area contributed by atoms with Gasteiger partial charge in [-0.05, 0) is 25.0 Å². The van der Waals surface area contributed by atoms with Gasteiger partial charge in [0, 0.05) is 24.0 Å². The van der Waals surface area contributed by atoms with Gasteiger partial charge in [-0.1, -0.05) is 11.6 Å². The molecule has 94 valence electrons. The molecule has 0 spiro atoms. The van der Waals surface area contributed by atoms with Crippen molar-refractivity contribution in [3.8, 4) is 17.3 Å². The van der Waals surface area contributed by atoms with E-state index in [2.05, 4.69) is 20.3 Å². The van der Waals surface area contributed by atoms with Crippen LogP contribution in [0, 0.1) is 11.3 Å². The number of pyridine rings is 1. The molecule has 0 bridgehead atoms.